The van der Waals surface area contributed by atoms with Crippen molar-refractivity contribution >= 4 is 17.7 Å². The van der Waals surface area contributed by atoms with E-state index in [4.69, 9.17) is 14.2 Å². The predicted octanol–water partition coefficient (Wildman–Crippen LogP) is 3.12. The molecule has 28 heavy (non-hydrogen) atoms. The maximum atomic E-state index is 12.1. The van der Waals surface area contributed by atoms with Crippen LogP contribution in [0, 0.1) is 0 Å². The van der Waals surface area contributed by atoms with E-state index in [0.717, 1.165) is 18.5 Å². The summed E-state index contributed by atoms with van der Waals surface area (Å²) in [6.07, 6.45) is 4.13. The summed E-state index contributed by atoms with van der Waals surface area (Å²) < 4.78 is 16.5. The Labute approximate surface area is 165 Å². The van der Waals surface area contributed by atoms with Gasteiger partial charge < -0.3 is 24.4 Å². The van der Waals surface area contributed by atoms with Gasteiger partial charge in [0, 0.05) is 31.9 Å². The number of amides is 1. The first kappa shape index (κ1) is 19.6. The Bertz CT molecular complexity index is 804. The second-order valence-electron chi connectivity index (χ2n) is 6.48. The highest BCUT2D eigenvalue weighted by atomic mass is 16.6. The van der Waals surface area contributed by atoms with Gasteiger partial charge in [0.2, 0.25) is 11.7 Å². The Balaban J connectivity index is 1.47. The van der Waals surface area contributed by atoms with Crippen molar-refractivity contribution in [2.75, 3.05) is 45.4 Å². The molecule has 3 rings (SSSR count). The molecule has 6 heteroatoms. The largest absolute Gasteiger partial charge is 0.493 e. The number of carbonyl (C=O) groups excluding carboxylic acids is 1. The van der Waals surface area contributed by atoms with Crippen LogP contribution in [0.5, 0.6) is 17.2 Å². The smallest absolute Gasteiger partial charge is 0.244 e. The van der Waals surface area contributed by atoms with Crippen molar-refractivity contribution in [2.24, 2.45) is 0 Å². The number of rotatable bonds is 8. The van der Waals surface area contributed by atoms with Gasteiger partial charge in [-0.1, -0.05) is 18.2 Å². The lowest BCUT2D eigenvalue weighted by Gasteiger charge is -2.20. The van der Waals surface area contributed by atoms with Gasteiger partial charge in [-0.3, -0.25) is 4.79 Å². The van der Waals surface area contributed by atoms with E-state index in [-0.39, 0.29) is 5.91 Å². The van der Waals surface area contributed by atoms with E-state index in [1.807, 2.05) is 37.4 Å². The SMILES string of the molecule is COc1cc(/C=C/C(=O)NCCCN(C)c2ccccc2)cc2c1OCCO2. The van der Waals surface area contributed by atoms with Crippen LogP contribution in [0.15, 0.2) is 48.5 Å². The highest BCUT2D eigenvalue weighted by Crippen LogP contribution is 2.40. The van der Waals surface area contributed by atoms with Gasteiger partial charge in [0.05, 0.1) is 7.11 Å². The van der Waals surface area contributed by atoms with Crippen LogP contribution >= 0.6 is 0 Å². The van der Waals surface area contributed by atoms with Crippen molar-refractivity contribution in [3.05, 3.63) is 54.1 Å². The van der Waals surface area contributed by atoms with E-state index >= 15 is 0 Å². The van der Waals surface area contributed by atoms with Crippen LogP contribution in [0.3, 0.4) is 0 Å². The van der Waals surface area contributed by atoms with Crippen molar-refractivity contribution in [2.45, 2.75) is 6.42 Å². The van der Waals surface area contributed by atoms with Gasteiger partial charge in [-0.2, -0.15) is 0 Å². The molecule has 1 amide bonds. The molecule has 0 atom stereocenters. The molecule has 0 unspecified atom stereocenters. The molecule has 1 heterocycles. The third kappa shape index (κ3) is 5.19. The fourth-order valence-corrected chi connectivity index (χ4v) is 2.96. The third-order valence-electron chi connectivity index (χ3n) is 4.44. The van der Waals surface area contributed by atoms with Crippen LogP contribution < -0.4 is 24.4 Å². The summed E-state index contributed by atoms with van der Waals surface area (Å²) in [5.41, 5.74) is 1.99. The molecule has 1 aliphatic rings. The zero-order chi connectivity index (χ0) is 19.8. The van der Waals surface area contributed by atoms with Crippen molar-refractivity contribution in [1.82, 2.24) is 5.32 Å². The van der Waals surface area contributed by atoms with E-state index in [0.29, 0.717) is 37.0 Å². The summed E-state index contributed by atoms with van der Waals surface area (Å²) in [6, 6.07) is 13.9. The van der Waals surface area contributed by atoms with Crippen molar-refractivity contribution in [3.63, 3.8) is 0 Å². The monoisotopic (exact) mass is 382 g/mol. The van der Waals surface area contributed by atoms with E-state index in [2.05, 4.69) is 22.3 Å². The highest BCUT2D eigenvalue weighted by Gasteiger charge is 2.17. The molecule has 1 N–H and O–H groups in total. The number of para-hydroxylation sites is 1. The van der Waals surface area contributed by atoms with Gasteiger partial charge in [-0.05, 0) is 42.3 Å². The minimum Gasteiger partial charge on any atom is -0.493 e. The molecule has 0 aromatic heterocycles. The predicted molar refractivity (Wildman–Crippen MR) is 110 cm³/mol. The molecule has 0 spiro atoms. The van der Waals surface area contributed by atoms with Crippen LogP contribution in [-0.2, 0) is 4.79 Å². The molecule has 1 aliphatic heterocycles. The number of carbonyl (C=O) groups is 1. The first-order valence-electron chi connectivity index (χ1n) is 9.37. The minimum absolute atomic E-state index is 0.128. The molecule has 0 fully saturated rings. The molecule has 2 aromatic carbocycles. The van der Waals surface area contributed by atoms with Gasteiger partial charge in [0.25, 0.3) is 0 Å². The van der Waals surface area contributed by atoms with Crippen molar-refractivity contribution < 1.29 is 19.0 Å². The highest BCUT2D eigenvalue weighted by molar-refractivity contribution is 5.91. The number of hydrogen-bond donors (Lipinski definition) is 1. The van der Waals surface area contributed by atoms with Gasteiger partial charge in [0.15, 0.2) is 11.5 Å². The van der Waals surface area contributed by atoms with Gasteiger partial charge in [-0.15, -0.1) is 0 Å². The average Bonchev–Trinajstić information content (AvgIpc) is 2.75. The van der Waals surface area contributed by atoms with Crippen molar-refractivity contribution in [3.8, 4) is 17.2 Å². The second kappa shape index (κ2) is 9.69. The van der Waals surface area contributed by atoms with E-state index in [1.54, 1.807) is 13.2 Å². The molecule has 0 radical (unpaired) electrons. The Hall–Kier alpha value is -3.15. The first-order chi connectivity index (χ1) is 13.7. The maximum Gasteiger partial charge on any atom is 0.244 e. The summed E-state index contributed by atoms with van der Waals surface area (Å²) >= 11 is 0. The number of methoxy groups -OCH3 is 1. The molecule has 148 valence electrons. The fourth-order valence-electron chi connectivity index (χ4n) is 2.96. The van der Waals surface area contributed by atoms with Crippen LogP contribution in [0.4, 0.5) is 5.69 Å². The number of nitrogens with zero attached hydrogens (tertiary/aromatic N) is 1. The zero-order valence-electron chi connectivity index (χ0n) is 16.3. The van der Waals surface area contributed by atoms with Crippen LogP contribution in [0.2, 0.25) is 0 Å². The molecule has 0 saturated heterocycles. The lowest BCUT2D eigenvalue weighted by atomic mass is 10.1. The maximum absolute atomic E-state index is 12.1. The number of hydrogen-bond acceptors (Lipinski definition) is 5. The molecule has 6 nitrogen and oxygen atoms in total. The topological polar surface area (TPSA) is 60.0 Å². The number of ether oxygens (including phenoxy) is 3. The number of benzene rings is 2. The molecule has 0 bridgehead atoms. The number of fused-ring (bicyclic) bond motifs is 1. The Morgan fingerprint density at radius 2 is 2.00 bits per heavy atom. The molecule has 0 aliphatic carbocycles. The third-order valence-corrected chi connectivity index (χ3v) is 4.44. The van der Waals surface area contributed by atoms with E-state index < -0.39 is 0 Å². The van der Waals surface area contributed by atoms with Crippen molar-refractivity contribution in [1.29, 1.82) is 0 Å². The van der Waals surface area contributed by atoms with Crippen LogP contribution in [0.25, 0.3) is 6.08 Å². The zero-order valence-corrected chi connectivity index (χ0v) is 16.3. The summed E-state index contributed by atoms with van der Waals surface area (Å²) in [5, 5.41) is 2.91. The quantitative estimate of drug-likeness (QED) is 0.562. The number of nitrogens with one attached hydrogen (secondary N) is 1. The summed E-state index contributed by atoms with van der Waals surface area (Å²) in [6.45, 7) is 2.49. The summed E-state index contributed by atoms with van der Waals surface area (Å²) in [5.74, 6) is 1.71. The lowest BCUT2D eigenvalue weighted by Crippen LogP contribution is -2.26. The van der Waals surface area contributed by atoms with Crippen LogP contribution in [0.1, 0.15) is 12.0 Å². The number of anilines is 1. The summed E-state index contributed by atoms with van der Waals surface area (Å²) in [4.78, 5) is 14.2. The minimum atomic E-state index is -0.128. The molecule has 0 saturated carbocycles. The first-order valence-corrected chi connectivity index (χ1v) is 9.37. The van der Waals surface area contributed by atoms with Gasteiger partial charge in [-0.25, -0.2) is 0 Å². The second-order valence-corrected chi connectivity index (χ2v) is 6.48. The molecule has 2 aromatic rings. The average molecular weight is 382 g/mol. The Morgan fingerprint density at radius 3 is 2.79 bits per heavy atom. The standard InChI is InChI=1S/C22H26N2O4/c1-24(18-7-4-3-5-8-18)12-6-11-23-21(25)10-9-17-15-19(26-2)22-20(16-17)27-13-14-28-22/h3-5,7-10,15-16H,6,11-14H2,1-2H3,(H,23,25)/b10-9+. The lowest BCUT2D eigenvalue weighted by molar-refractivity contribution is -0.116. The molecular weight excluding hydrogens is 356 g/mol. The normalized spacial score (nSPS) is 12.6. The van der Waals surface area contributed by atoms with E-state index in [1.165, 1.54) is 11.8 Å². The Kier molecular flexibility index (Phi) is 6.78. The van der Waals surface area contributed by atoms with E-state index in [9.17, 15) is 4.79 Å². The Morgan fingerprint density at radius 1 is 1.21 bits per heavy atom. The fraction of sp³-hybridized carbons (Fsp3) is 0.318. The van der Waals surface area contributed by atoms with Crippen LogP contribution in [-0.4, -0.2) is 46.4 Å². The van der Waals surface area contributed by atoms with Gasteiger partial charge >= 0.3 is 0 Å². The molecular formula is C22H26N2O4. The summed E-state index contributed by atoms with van der Waals surface area (Å²) in [7, 11) is 3.63. The van der Waals surface area contributed by atoms with Gasteiger partial charge in [0.1, 0.15) is 13.2 Å².